The molecule has 2 atom stereocenters. The maximum Gasteiger partial charge on any atom is 0.405 e. The maximum absolute atomic E-state index is 12.0. The van der Waals surface area contributed by atoms with Crippen molar-refractivity contribution in [1.29, 1.82) is 0 Å². The summed E-state index contributed by atoms with van der Waals surface area (Å²) in [6.45, 7) is -1.06. The lowest BCUT2D eigenvalue weighted by Crippen LogP contribution is -2.35. The number of hydrogen-bond acceptors (Lipinski definition) is 4. The van der Waals surface area contributed by atoms with E-state index in [1.54, 1.807) is 5.32 Å². The first-order chi connectivity index (χ1) is 10.7. The van der Waals surface area contributed by atoms with E-state index in [0.29, 0.717) is 18.7 Å². The number of aliphatic hydroxyl groups is 1. The third-order valence-electron chi connectivity index (χ3n) is 3.29. The van der Waals surface area contributed by atoms with Crippen LogP contribution in [0.25, 0.3) is 0 Å². The van der Waals surface area contributed by atoms with Crippen molar-refractivity contribution < 1.29 is 27.9 Å². The van der Waals surface area contributed by atoms with E-state index >= 15 is 0 Å². The number of alkyl halides is 3. The van der Waals surface area contributed by atoms with E-state index in [9.17, 15) is 27.9 Å². The first kappa shape index (κ1) is 17.2. The molecule has 2 amide bonds. The number of carbonyl (C=O) groups excluding carboxylic acids is 2. The van der Waals surface area contributed by atoms with E-state index in [0.717, 1.165) is 0 Å². The minimum Gasteiger partial charge on any atom is -0.392 e. The summed E-state index contributed by atoms with van der Waals surface area (Å²) >= 11 is 0. The highest BCUT2D eigenvalue weighted by Crippen LogP contribution is 2.15. The van der Waals surface area contributed by atoms with Crippen LogP contribution in [0.15, 0.2) is 24.3 Å². The van der Waals surface area contributed by atoms with Gasteiger partial charge in [0.25, 0.3) is 5.91 Å². The van der Waals surface area contributed by atoms with Gasteiger partial charge in [-0.25, -0.2) is 0 Å². The molecule has 4 N–H and O–H groups in total. The number of amides is 2. The van der Waals surface area contributed by atoms with Gasteiger partial charge in [-0.2, -0.15) is 13.2 Å². The average molecular weight is 331 g/mol. The Morgan fingerprint density at radius 2 is 1.91 bits per heavy atom. The molecule has 1 fully saturated rings. The Balaban J connectivity index is 1.89. The largest absolute Gasteiger partial charge is 0.405 e. The second kappa shape index (κ2) is 6.97. The molecule has 0 bridgehead atoms. The predicted octanol–water partition coefficient (Wildman–Crippen LogP) is 0.640. The van der Waals surface area contributed by atoms with Crippen molar-refractivity contribution in [1.82, 2.24) is 10.6 Å². The van der Waals surface area contributed by atoms with E-state index in [4.69, 9.17) is 0 Å². The molecular weight excluding hydrogens is 315 g/mol. The number of hydrogen-bond donors (Lipinski definition) is 4. The summed E-state index contributed by atoms with van der Waals surface area (Å²) in [6, 6.07) is 4.98. The van der Waals surface area contributed by atoms with Crippen LogP contribution >= 0.6 is 0 Å². The van der Waals surface area contributed by atoms with E-state index in [1.807, 2.05) is 0 Å². The van der Waals surface area contributed by atoms with Crippen molar-refractivity contribution in [2.45, 2.75) is 24.7 Å². The van der Waals surface area contributed by atoms with E-state index in [-0.39, 0.29) is 11.5 Å². The standard InChI is InChI=1S/C14H16F3N3O3/c15-14(16,17)7-19-12(22)8-1-3-9(4-2-8)20-13(23)11-5-10(21)6-18-11/h1-4,10-11,18,21H,5-7H2,(H,19,22)(H,20,23). The number of rotatable bonds is 4. The van der Waals surface area contributed by atoms with Gasteiger partial charge in [-0.3, -0.25) is 9.59 Å². The second-order valence-electron chi connectivity index (χ2n) is 5.21. The molecule has 1 aliphatic rings. The first-order valence-electron chi connectivity index (χ1n) is 6.92. The fourth-order valence-corrected chi connectivity index (χ4v) is 2.13. The molecule has 2 unspecified atom stereocenters. The van der Waals surface area contributed by atoms with E-state index < -0.39 is 30.8 Å². The summed E-state index contributed by atoms with van der Waals surface area (Å²) in [5.74, 6) is -1.17. The predicted molar refractivity (Wildman–Crippen MR) is 75.9 cm³/mol. The number of halogens is 3. The van der Waals surface area contributed by atoms with Gasteiger partial charge in [0, 0.05) is 17.8 Å². The molecule has 9 heteroatoms. The molecule has 2 rings (SSSR count). The molecule has 1 aliphatic heterocycles. The van der Waals surface area contributed by atoms with Gasteiger partial charge in [0.2, 0.25) is 5.91 Å². The SMILES string of the molecule is O=C(NCC(F)(F)F)c1ccc(NC(=O)C2CC(O)CN2)cc1. The summed E-state index contributed by atoms with van der Waals surface area (Å²) in [5, 5.41) is 16.6. The van der Waals surface area contributed by atoms with Crippen molar-refractivity contribution in [3.63, 3.8) is 0 Å². The van der Waals surface area contributed by atoms with Crippen LogP contribution in [0, 0.1) is 0 Å². The van der Waals surface area contributed by atoms with Crippen molar-refractivity contribution in [3.8, 4) is 0 Å². The molecule has 0 aliphatic carbocycles. The van der Waals surface area contributed by atoms with Crippen LogP contribution in [-0.2, 0) is 4.79 Å². The lowest BCUT2D eigenvalue weighted by molar-refractivity contribution is -0.123. The zero-order chi connectivity index (χ0) is 17.0. The van der Waals surface area contributed by atoms with Gasteiger partial charge in [-0.1, -0.05) is 0 Å². The Kier molecular flexibility index (Phi) is 5.22. The molecule has 1 heterocycles. The van der Waals surface area contributed by atoms with Gasteiger partial charge in [0.1, 0.15) is 6.54 Å². The highest BCUT2D eigenvalue weighted by molar-refractivity contribution is 5.97. The molecule has 6 nitrogen and oxygen atoms in total. The monoisotopic (exact) mass is 331 g/mol. The zero-order valence-electron chi connectivity index (χ0n) is 12.0. The van der Waals surface area contributed by atoms with Gasteiger partial charge in [0.15, 0.2) is 0 Å². The van der Waals surface area contributed by atoms with Crippen LogP contribution in [0.4, 0.5) is 18.9 Å². The Labute approximate surface area is 130 Å². The van der Waals surface area contributed by atoms with Crippen molar-refractivity contribution >= 4 is 17.5 Å². The van der Waals surface area contributed by atoms with Crippen molar-refractivity contribution in [2.75, 3.05) is 18.4 Å². The van der Waals surface area contributed by atoms with Crippen LogP contribution in [-0.4, -0.2) is 48.3 Å². The number of carbonyl (C=O) groups is 2. The molecular formula is C14H16F3N3O3. The normalized spacial score (nSPS) is 21.0. The fourth-order valence-electron chi connectivity index (χ4n) is 2.13. The number of aliphatic hydroxyl groups excluding tert-OH is 1. The summed E-state index contributed by atoms with van der Waals surface area (Å²) in [6.07, 6.45) is -4.72. The van der Waals surface area contributed by atoms with Gasteiger partial charge in [-0.15, -0.1) is 0 Å². The van der Waals surface area contributed by atoms with E-state index in [2.05, 4.69) is 10.6 Å². The molecule has 0 radical (unpaired) electrons. The molecule has 126 valence electrons. The molecule has 1 aromatic rings. The third-order valence-corrected chi connectivity index (χ3v) is 3.29. The van der Waals surface area contributed by atoms with Crippen LogP contribution in [0.3, 0.4) is 0 Å². The Morgan fingerprint density at radius 3 is 2.43 bits per heavy atom. The molecule has 0 saturated carbocycles. The molecule has 1 aromatic carbocycles. The summed E-state index contributed by atoms with van der Waals surface area (Å²) < 4.78 is 36.1. The third kappa shape index (κ3) is 5.22. The summed E-state index contributed by atoms with van der Waals surface area (Å²) in [7, 11) is 0. The van der Waals surface area contributed by atoms with Crippen LogP contribution in [0.5, 0.6) is 0 Å². The minimum atomic E-state index is -4.47. The second-order valence-corrected chi connectivity index (χ2v) is 5.21. The number of nitrogens with one attached hydrogen (secondary N) is 3. The lowest BCUT2D eigenvalue weighted by Gasteiger charge is -2.12. The first-order valence-corrected chi connectivity index (χ1v) is 6.92. The Morgan fingerprint density at radius 1 is 1.26 bits per heavy atom. The number of anilines is 1. The average Bonchev–Trinajstić information content (AvgIpc) is 2.91. The molecule has 1 saturated heterocycles. The Hall–Kier alpha value is -2.13. The molecule has 0 aromatic heterocycles. The van der Waals surface area contributed by atoms with Crippen molar-refractivity contribution in [3.05, 3.63) is 29.8 Å². The van der Waals surface area contributed by atoms with Crippen LogP contribution < -0.4 is 16.0 Å². The summed E-state index contributed by atoms with van der Waals surface area (Å²) in [4.78, 5) is 23.4. The Bertz CT molecular complexity index is 575. The number of β-amino-alcohol motifs (C(OH)–C–C–N with tert-alkyl or cyclic N) is 1. The van der Waals surface area contributed by atoms with Gasteiger partial charge in [-0.05, 0) is 30.7 Å². The van der Waals surface area contributed by atoms with Crippen LogP contribution in [0.2, 0.25) is 0 Å². The summed E-state index contributed by atoms with van der Waals surface area (Å²) in [5.41, 5.74) is 0.465. The van der Waals surface area contributed by atoms with Gasteiger partial charge >= 0.3 is 6.18 Å². The number of benzene rings is 1. The minimum absolute atomic E-state index is 0.0571. The highest BCUT2D eigenvalue weighted by atomic mass is 19.4. The molecule has 0 spiro atoms. The van der Waals surface area contributed by atoms with Gasteiger partial charge < -0.3 is 21.1 Å². The quantitative estimate of drug-likeness (QED) is 0.652. The van der Waals surface area contributed by atoms with Gasteiger partial charge in [0.05, 0.1) is 12.1 Å². The lowest BCUT2D eigenvalue weighted by atomic mass is 10.1. The van der Waals surface area contributed by atoms with Crippen LogP contribution in [0.1, 0.15) is 16.8 Å². The maximum atomic E-state index is 12.0. The fraction of sp³-hybridized carbons (Fsp3) is 0.429. The smallest absolute Gasteiger partial charge is 0.392 e. The topological polar surface area (TPSA) is 90.5 Å². The van der Waals surface area contributed by atoms with Crippen molar-refractivity contribution in [2.24, 2.45) is 0 Å². The van der Waals surface area contributed by atoms with E-state index in [1.165, 1.54) is 24.3 Å². The zero-order valence-corrected chi connectivity index (χ0v) is 12.0. The molecule has 23 heavy (non-hydrogen) atoms. The highest BCUT2D eigenvalue weighted by Gasteiger charge is 2.29.